The van der Waals surface area contributed by atoms with Gasteiger partial charge >= 0.3 is 6.18 Å². The SMILES string of the molecule is CCCNC(CCC(F)(F)F)C1CC1. The summed E-state index contributed by atoms with van der Waals surface area (Å²) in [5.74, 6) is 0.504. The molecule has 1 unspecified atom stereocenters. The number of hydrogen-bond donors (Lipinski definition) is 1. The molecular weight excluding hydrogens is 191 g/mol. The minimum atomic E-state index is -4.00. The van der Waals surface area contributed by atoms with Crippen LogP contribution in [-0.4, -0.2) is 18.8 Å². The van der Waals surface area contributed by atoms with Gasteiger partial charge in [-0.3, -0.25) is 0 Å². The second-order valence-electron chi connectivity index (χ2n) is 4.05. The van der Waals surface area contributed by atoms with Crippen molar-refractivity contribution in [2.24, 2.45) is 5.92 Å². The lowest BCUT2D eigenvalue weighted by atomic mass is 10.1. The molecule has 0 aliphatic heterocycles. The van der Waals surface area contributed by atoms with Crippen LogP contribution in [0.2, 0.25) is 0 Å². The van der Waals surface area contributed by atoms with Crippen molar-refractivity contribution in [3.8, 4) is 0 Å². The average molecular weight is 209 g/mol. The van der Waals surface area contributed by atoms with Crippen LogP contribution in [0.5, 0.6) is 0 Å². The molecule has 0 amide bonds. The van der Waals surface area contributed by atoms with Crippen molar-refractivity contribution >= 4 is 0 Å². The quantitative estimate of drug-likeness (QED) is 0.708. The summed E-state index contributed by atoms with van der Waals surface area (Å²) in [5.41, 5.74) is 0. The summed E-state index contributed by atoms with van der Waals surface area (Å²) in [4.78, 5) is 0. The number of rotatable bonds is 6. The summed E-state index contributed by atoms with van der Waals surface area (Å²) in [6, 6.07) is 0.0941. The van der Waals surface area contributed by atoms with Crippen LogP contribution in [0, 0.1) is 5.92 Å². The minimum Gasteiger partial charge on any atom is -0.314 e. The van der Waals surface area contributed by atoms with E-state index in [4.69, 9.17) is 0 Å². The van der Waals surface area contributed by atoms with Gasteiger partial charge in [-0.2, -0.15) is 13.2 Å². The van der Waals surface area contributed by atoms with E-state index in [-0.39, 0.29) is 12.5 Å². The van der Waals surface area contributed by atoms with E-state index in [0.29, 0.717) is 5.92 Å². The van der Waals surface area contributed by atoms with Crippen LogP contribution >= 0.6 is 0 Å². The maximum absolute atomic E-state index is 12.0. The Labute approximate surface area is 83.1 Å². The fourth-order valence-corrected chi connectivity index (χ4v) is 1.65. The van der Waals surface area contributed by atoms with E-state index in [2.05, 4.69) is 5.32 Å². The standard InChI is InChI=1S/C10H18F3N/c1-2-7-14-9(8-3-4-8)5-6-10(11,12)13/h8-9,14H,2-7H2,1H3. The summed E-state index contributed by atoms with van der Waals surface area (Å²) in [5, 5.41) is 3.20. The lowest BCUT2D eigenvalue weighted by molar-refractivity contribution is -0.136. The Kier molecular flexibility index (Phi) is 4.23. The highest BCUT2D eigenvalue weighted by Crippen LogP contribution is 2.36. The maximum Gasteiger partial charge on any atom is 0.389 e. The number of alkyl halides is 3. The second-order valence-corrected chi connectivity index (χ2v) is 4.05. The van der Waals surface area contributed by atoms with Gasteiger partial charge in [0.1, 0.15) is 0 Å². The Morgan fingerprint density at radius 3 is 2.43 bits per heavy atom. The van der Waals surface area contributed by atoms with Crippen molar-refractivity contribution in [1.82, 2.24) is 5.32 Å². The summed E-state index contributed by atoms with van der Waals surface area (Å²) in [6.45, 7) is 2.86. The Morgan fingerprint density at radius 2 is 2.00 bits per heavy atom. The Bertz CT molecular complexity index is 163. The highest BCUT2D eigenvalue weighted by Gasteiger charge is 2.34. The third-order valence-corrected chi connectivity index (χ3v) is 2.59. The smallest absolute Gasteiger partial charge is 0.314 e. The monoisotopic (exact) mass is 209 g/mol. The normalized spacial score (nSPS) is 19.7. The van der Waals surface area contributed by atoms with Crippen molar-refractivity contribution in [3.63, 3.8) is 0 Å². The number of nitrogens with one attached hydrogen (secondary N) is 1. The van der Waals surface area contributed by atoms with Gasteiger partial charge in [0.05, 0.1) is 0 Å². The molecule has 0 aromatic rings. The van der Waals surface area contributed by atoms with Crippen LogP contribution < -0.4 is 5.32 Å². The topological polar surface area (TPSA) is 12.0 Å². The first-order valence-electron chi connectivity index (χ1n) is 5.33. The maximum atomic E-state index is 12.0. The van der Waals surface area contributed by atoms with Crippen molar-refractivity contribution < 1.29 is 13.2 Å². The van der Waals surface area contributed by atoms with Crippen LogP contribution in [-0.2, 0) is 0 Å². The largest absolute Gasteiger partial charge is 0.389 e. The Morgan fingerprint density at radius 1 is 1.36 bits per heavy atom. The van der Waals surface area contributed by atoms with Gasteiger partial charge in [-0.15, -0.1) is 0 Å². The lowest BCUT2D eigenvalue weighted by Gasteiger charge is -2.18. The van der Waals surface area contributed by atoms with Gasteiger partial charge in [0, 0.05) is 12.5 Å². The van der Waals surface area contributed by atoms with Crippen molar-refractivity contribution in [2.45, 2.75) is 51.2 Å². The highest BCUT2D eigenvalue weighted by molar-refractivity contribution is 4.86. The van der Waals surface area contributed by atoms with E-state index in [9.17, 15) is 13.2 Å². The summed E-state index contributed by atoms with van der Waals surface area (Å²) < 4.78 is 36.0. The molecule has 0 spiro atoms. The first kappa shape index (κ1) is 11.8. The van der Waals surface area contributed by atoms with Crippen molar-refractivity contribution in [3.05, 3.63) is 0 Å². The number of halogens is 3. The van der Waals surface area contributed by atoms with Gasteiger partial charge in [-0.05, 0) is 38.1 Å². The third kappa shape index (κ3) is 4.84. The zero-order valence-corrected chi connectivity index (χ0v) is 8.53. The molecule has 1 saturated carbocycles. The van der Waals surface area contributed by atoms with Crippen LogP contribution in [0.15, 0.2) is 0 Å². The first-order chi connectivity index (χ1) is 6.53. The lowest BCUT2D eigenvalue weighted by Crippen LogP contribution is -2.32. The summed E-state index contributed by atoms with van der Waals surface area (Å²) in [6.07, 6.45) is -1.23. The molecule has 1 fully saturated rings. The fourth-order valence-electron chi connectivity index (χ4n) is 1.65. The molecule has 1 N–H and O–H groups in total. The Hall–Kier alpha value is -0.250. The summed E-state index contributed by atoms with van der Waals surface area (Å²) in [7, 11) is 0. The van der Waals surface area contributed by atoms with Crippen LogP contribution in [0.1, 0.15) is 39.0 Å². The van der Waals surface area contributed by atoms with Crippen molar-refractivity contribution in [1.29, 1.82) is 0 Å². The molecule has 0 radical (unpaired) electrons. The zero-order chi connectivity index (χ0) is 10.6. The fraction of sp³-hybridized carbons (Fsp3) is 1.00. The predicted octanol–water partition coefficient (Wildman–Crippen LogP) is 3.11. The molecule has 84 valence electrons. The molecule has 1 rings (SSSR count). The van der Waals surface area contributed by atoms with Gasteiger partial charge in [-0.25, -0.2) is 0 Å². The molecule has 1 aliphatic carbocycles. The van der Waals surface area contributed by atoms with E-state index in [0.717, 1.165) is 25.8 Å². The molecule has 0 saturated heterocycles. The molecule has 1 aliphatic rings. The zero-order valence-electron chi connectivity index (χ0n) is 8.53. The molecule has 0 aromatic heterocycles. The van der Waals surface area contributed by atoms with E-state index in [1.165, 1.54) is 0 Å². The van der Waals surface area contributed by atoms with E-state index in [1.54, 1.807) is 0 Å². The van der Waals surface area contributed by atoms with Crippen LogP contribution in [0.4, 0.5) is 13.2 Å². The molecule has 14 heavy (non-hydrogen) atoms. The minimum absolute atomic E-state index is 0.0941. The average Bonchev–Trinajstić information content (AvgIpc) is 2.86. The van der Waals surface area contributed by atoms with Crippen molar-refractivity contribution in [2.75, 3.05) is 6.54 Å². The first-order valence-corrected chi connectivity index (χ1v) is 5.33. The number of hydrogen-bond acceptors (Lipinski definition) is 1. The van der Waals surface area contributed by atoms with E-state index in [1.807, 2.05) is 6.92 Å². The molecule has 1 nitrogen and oxygen atoms in total. The summed E-state index contributed by atoms with van der Waals surface area (Å²) >= 11 is 0. The van der Waals surface area contributed by atoms with Gasteiger partial charge in [0.15, 0.2) is 0 Å². The third-order valence-electron chi connectivity index (χ3n) is 2.59. The molecule has 1 atom stereocenters. The van der Waals surface area contributed by atoms with Crippen LogP contribution in [0.3, 0.4) is 0 Å². The Balaban J connectivity index is 2.21. The van der Waals surface area contributed by atoms with Gasteiger partial charge in [0.2, 0.25) is 0 Å². The molecule has 4 heteroatoms. The molecule has 0 bridgehead atoms. The van der Waals surface area contributed by atoms with Crippen LogP contribution in [0.25, 0.3) is 0 Å². The second kappa shape index (κ2) is 5.01. The molecule has 0 heterocycles. The van der Waals surface area contributed by atoms with Gasteiger partial charge < -0.3 is 5.32 Å². The van der Waals surface area contributed by atoms with E-state index < -0.39 is 12.6 Å². The van der Waals surface area contributed by atoms with E-state index >= 15 is 0 Å². The molecular formula is C10H18F3N. The predicted molar refractivity (Wildman–Crippen MR) is 50.1 cm³/mol. The van der Waals surface area contributed by atoms with Gasteiger partial charge in [0.25, 0.3) is 0 Å². The highest BCUT2D eigenvalue weighted by atomic mass is 19.4. The molecule has 0 aromatic carbocycles. The van der Waals surface area contributed by atoms with Gasteiger partial charge in [-0.1, -0.05) is 6.92 Å².